The molecule has 0 bridgehead atoms. The summed E-state index contributed by atoms with van der Waals surface area (Å²) in [5.41, 5.74) is 0.122. The van der Waals surface area contributed by atoms with E-state index in [0.717, 1.165) is 36.6 Å². The summed E-state index contributed by atoms with van der Waals surface area (Å²) in [5, 5.41) is 28.4. The molecule has 1 saturated carbocycles. The van der Waals surface area contributed by atoms with E-state index in [9.17, 15) is 15.0 Å². The highest BCUT2D eigenvalue weighted by atomic mass is 16.6. The molecule has 2 aromatic rings. The summed E-state index contributed by atoms with van der Waals surface area (Å²) < 4.78 is 7.36. The fraction of sp³-hybridized carbons (Fsp3) is 0.636. The minimum atomic E-state index is -1.15. The molecule has 0 radical (unpaired) electrons. The van der Waals surface area contributed by atoms with Gasteiger partial charge in [0, 0.05) is 23.8 Å². The largest absolute Gasteiger partial charge is 0.444 e. The summed E-state index contributed by atoms with van der Waals surface area (Å²) in [5.74, 6) is 0.391. The zero-order valence-electron chi connectivity index (χ0n) is 18.0. The molecule has 3 rings (SSSR count). The molecular weight excluding hydrogens is 370 g/mol. The number of nitrogens with one attached hydrogen (secondary N) is 1. The first-order valence-electron chi connectivity index (χ1n) is 10.3. The molecule has 3 N–H and O–H groups in total. The third-order valence-electron chi connectivity index (χ3n) is 5.40. The van der Waals surface area contributed by atoms with Crippen LogP contribution in [0.2, 0.25) is 0 Å². The van der Waals surface area contributed by atoms with Crippen molar-refractivity contribution < 1.29 is 19.7 Å². The minimum Gasteiger partial charge on any atom is -0.444 e. The number of aliphatic hydroxyl groups excluding tert-OH is 1. The molecular formula is C22H33N3O4. The Morgan fingerprint density at radius 2 is 1.86 bits per heavy atom. The first-order chi connectivity index (χ1) is 13.5. The molecule has 1 aliphatic carbocycles. The van der Waals surface area contributed by atoms with Gasteiger partial charge >= 0.3 is 6.09 Å². The van der Waals surface area contributed by atoms with Gasteiger partial charge in [-0.15, -0.1) is 0 Å². The zero-order chi connectivity index (χ0) is 21.4. The van der Waals surface area contributed by atoms with Crippen LogP contribution >= 0.6 is 0 Å². The highest BCUT2D eigenvalue weighted by molar-refractivity contribution is 5.92. The monoisotopic (exact) mass is 403 g/mol. The van der Waals surface area contributed by atoms with Gasteiger partial charge in [0.25, 0.3) is 0 Å². The molecule has 1 amide bonds. The number of anilines is 1. The van der Waals surface area contributed by atoms with E-state index in [1.165, 1.54) is 0 Å². The lowest BCUT2D eigenvalue weighted by atomic mass is 9.87. The average molecular weight is 404 g/mol. The van der Waals surface area contributed by atoms with E-state index in [4.69, 9.17) is 9.84 Å². The number of aliphatic hydroxyl groups is 2. The summed E-state index contributed by atoms with van der Waals surface area (Å²) in [6.45, 7) is 9.04. The molecule has 0 atom stereocenters. The van der Waals surface area contributed by atoms with Crippen LogP contribution in [0.4, 0.5) is 10.5 Å². The van der Waals surface area contributed by atoms with E-state index in [1.807, 2.05) is 43.8 Å². The van der Waals surface area contributed by atoms with Crippen molar-refractivity contribution in [2.45, 2.75) is 77.5 Å². The minimum absolute atomic E-state index is 0.252. The summed E-state index contributed by atoms with van der Waals surface area (Å²) in [4.78, 5) is 12.3. The number of fused-ring (bicyclic) bond motifs is 1. The van der Waals surface area contributed by atoms with Crippen molar-refractivity contribution in [1.29, 1.82) is 0 Å². The standard InChI is InChI=1S/C22H33N3O4/c1-21(2,3)29-20(27)23-19-10-15-12-25(16-8-6-14(13-26)7-9-16)24-18(15)11-17(19)22(4,5)28/h10-12,14,16,26,28H,6-9,13H2,1-5H3,(H,23,27). The van der Waals surface area contributed by atoms with Gasteiger partial charge in [0.15, 0.2) is 0 Å². The molecule has 1 aromatic carbocycles. The maximum atomic E-state index is 12.3. The Bertz CT molecular complexity index is 869. The van der Waals surface area contributed by atoms with Gasteiger partial charge in [0.05, 0.1) is 22.8 Å². The van der Waals surface area contributed by atoms with E-state index in [-0.39, 0.29) is 6.61 Å². The highest BCUT2D eigenvalue weighted by Crippen LogP contribution is 2.35. The molecule has 7 nitrogen and oxygen atoms in total. The molecule has 0 unspecified atom stereocenters. The Morgan fingerprint density at radius 1 is 1.21 bits per heavy atom. The first-order valence-corrected chi connectivity index (χ1v) is 10.3. The molecule has 1 heterocycles. The van der Waals surface area contributed by atoms with Crippen LogP contribution < -0.4 is 5.32 Å². The predicted molar refractivity (Wildman–Crippen MR) is 113 cm³/mol. The van der Waals surface area contributed by atoms with Crippen molar-refractivity contribution in [3.63, 3.8) is 0 Å². The van der Waals surface area contributed by atoms with Crippen molar-refractivity contribution in [2.75, 3.05) is 11.9 Å². The number of ether oxygens (including phenoxy) is 1. The Morgan fingerprint density at radius 3 is 2.41 bits per heavy atom. The summed E-state index contributed by atoms with van der Waals surface area (Å²) in [7, 11) is 0. The second-order valence-electron chi connectivity index (χ2n) is 9.61. The summed E-state index contributed by atoms with van der Waals surface area (Å²) in [6, 6.07) is 3.98. The number of amides is 1. The van der Waals surface area contributed by atoms with Crippen LogP contribution in [0.5, 0.6) is 0 Å². The Balaban J connectivity index is 1.91. The van der Waals surface area contributed by atoms with Crippen molar-refractivity contribution in [2.24, 2.45) is 5.92 Å². The predicted octanol–water partition coefficient (Wildman–Crippen LogP) is 4.33. The van der Waals surface area contributed by atoms with Crippen molar-refractivity contribution in [1.82, 2.24) is 9.78 Å². The molecule has 160 valence electrons. The quantitative estimate of drug-likeness (QED) is 0.706. The van der Waals surface area contributed by atoms with Gasteiger partial charge in [0.1, 0.15) is 5.60 Å². The number of benzene rings is 1. The summed E-state index contributed by atoms with van der Waals surface area (Å²) >= 11 is 0. The van der Waals surface area contributed by atoms with Crippen LogP contribution in [0, 0.1) is 5.92 Å². The van der Waals surface area contributed by atoms with Crippen LogP contribution in [0.1, 0.15) is 71.9 Å². The molecule has 1 fully saturated rings. The first kappa shape index (κ1) is 21.6. The van der Waals surface area contributed by atoms with Gasteiger partial charge in [-0.25, -0.2) is 4.79 Å². The van der Waals surface area contributed by atoms with Gasteiger partial charge in [0.2, 0.25) is 0 Å². The van der Waals surface area contributed by atoms with E-state index in [1.54, 1.807) is 13.8 Å². The SMILES string of the molecule is CC(C)(C)OC(=O)Nc1cc2cn(C3CCC(CO)CC3)nc2cc1C(C)(C)O. The number of hydrogen-bond donors (Lipinski definition) is 3. The average Bonchev–Trinajstić information content (AvgIpc) is 3.01. The van der Waals surface area contributed by atoms with Gasteiger partial charge in [-0.3, -0.25) is 10.00 Å². The smallest absolute Gasteiger partial charge is 0.412 e. The third kappa shape index (κ3) is 5.28. The molecule has 1 aliphatic rings. The van der Waals surface area contributed by atoms with Crippen LogP contribution in [0.15, 0.2) is 18.3 Å². The van der Waals surface area contributed by atoms with Crippen LogP contribution in [-0.4, -0.2) is 38.3 Å². The van der Waals surface area contributed by atoms with Gasteiger partial charge in [-0.05, 0) is 78.4 Å². The van der Waals surface area contributed by atoms with E-state index in [0.29, 0.717) is 23.2 Å². The van der Waals surface area contributed by atoms with Crippen LogP contribution in [-0.2, 0) is 10.3 Å². The third-order valence-corrected chi connectivity index (χ3v) is 5.40. The lowest BCUT2D eigenvalue weighted by molar-refractivity contribution is 0.0632. The molecule has 0 aliphatic heterocycles. The summed E-state index contributed by atoms with van der Waals surface area (Å²) in [6.07, 6.45) is 5.40. The molecule has 0 saturated heterocycles. The topological polar surface area (TPSA) is 96.6 Å². The number of aromatic nitrogens is 2. The van der Waals surface area contributed by atoms with E-state index >= 15 is 0 Å². The second kappa shape index (κ2) is 7.95. The molecule has 1 aromatic heterocycles. The molecule has 29 heavy (non-hydrogen) atoms. The number of hydrogen-bond acceptors (Lipinski definition) is 5. The second-order valence-corrected chi connectivity index (χ2v) is 9.61. The van der Waals surface area contributed by atoms with Crippen LogP contribution in [0.3, 0.4) is 0 Å². The highest BCUT2D eigenvalue weighted by Gasteiger charge is 2.26. The number of rotatable bonds is 4. The Kier molecular flexibility index (Phi) is 5.92. The lowest BCUT2D eigenvalue weighted by Gasteiger charge is -2.27. The molecule has 0 spiro atoms. The van der Waals surface area contributed by atoms with Gasteiger partial charge in [-0.2, -0.15) is 5.10 Å². The zero-order valence-corrected chi connectivity index (χ0v) is 18.0. The maximum absolute atomic E-state index is 12.3. The Hall–Kier alpha value is -2.12. The number of carbonyl (C=O) groups excluding carboxylic acids is 1. The number of nitrogens with zero attached hydrogens (tertiary/aromatic N) is 2. The Labute approximate surface area is 172 Å². The normalized spacial score (nSPS) is 20.7. The fourth-order valence-electron chi connectivity index (χ4n) is 3.89. The van der Waals surface area contributed by atoms with Crippen molar-refractivity contribution in [3.8, 4) is 0 Å². The van der Waals surface area contributed by atoms with E-state index in [2.05, 4.69) is 5.32 Å². The maximum Gasteiger partial charge on any atom is 0.412 e. The van der Waals surface area contributed by atoms with E-state index < -0.39 is 17.3 Å². The molecule has 7 heteroatoms. The van der Waals surface area contributed by atoms with Gasteiger partial charge in [-0.1, -0.05) is 0 Å². The van der Waals surface area contributed by atoms with Crippen molar-refractivity contribution in [3.05, 3.63) is 23.9 Å². The van der Waals surface area contributed by atoms with Crippen molar-refractivity contribution >= 4 is 22.7 Å². The van der Waals surface area contributed by atoms with Crippen LogP contribution in [0.25, 0.3) is 10.9 Å². The van der Waals surface area contributed by atoms with Gasteiger partial charge < -0.3 is 14.9 Å². The number of carbonyl (C=O) groups is 1. The lowest BCUT2D eigenvalue weighted by Crippen LogP contribution is -2.28. The fourth-order valence-corrected chi connectivity index (χ4v) is 3.89.